The molecule has 0 saturated carbocycles. The zero-order valence-corrected chi connectivity index (χ0v) is 9.38. The summed E-state index contributed by atoms with van der Waals surface area (Å²) in [5, 5.41) is 5.15. The largest absolute Gasteiger partial charge is 0.342 e. The average molecular weight is 233 g/mol. The maximum Gasteiger partial charge on any atom is 0.342 e. The Balaban J connectivity index is 1.90. The fourth-order valence-electron chi connectivity index (χ4n) is 2.25. The molecule has 0 saturated heterocycles. The summed E-state index contributed by atoms with van der Waals surface area (Å²) in [6.07, 6.45) is 1.03. The highest BCUT2D eigenvalue weighted by Gasteiger charge is 2.26. The highest BCUT2D eigenvalue weighted by molar-refractivity contribution is 7.71. The van der Waals surface area contributed by atoms with Crippen molar-refractivity contribution in [3.05, 3.63) is 50.6 Å². The van der Waals surface area contributed by atoms with Crippen LogP contribution >= 0.6 is 12.2 Å². The first kappa shape index (κ1) is 9.59. The summed E-state index contributed by atoms with van der Waals surface area (Å²) in [6.45, 7) is 0.661. The number of aromatic amines is 2. The molecule has 1 aromatic heterocycles. The molecule has 0 aliphatic heterocycles. The molecule has 0 amide bonds. The molecule has 1 heterocycles. The van der Waals surface area contributed by atoms with Gasteiger partial charge in [0.05, 0.1) is 0 Å². The van der Waals surface area contributed by atoms with Crippen LogP contribution in [0, 0.1) is 4.77 Å². The molecule has 0 radical (unpaired) electrons. The molecule has 2 aromatic rings. The van der Waals surface area contributed by atoms with Gasteiger partial charge in [-0.2, -0.15) is 0 Å². The van der Waals surface area contributed by atoms with Crippen LogP contribution in [-0.4, -0.2) is 14.8 Å². The lowest BCUT2D eigenvalue weighted by Gasteiger charge is -2.29. The molecule has 1 aliphatic rings. The highest BCUT2D eigenvalue weighted by Crippen LogP contribution is 2.35. The van der Waals surface area contributed by atoms with E-state index in [9.17, 15) is 4.79 Å². The van der Waals surface area contributed by atoms with Crippen molar-refractivity contribution in [3.8, 4) is 0 Å². The predicted molar refractivity (Wildman–Crippen MR) is 63.1 cm³/mol. The van der Waals surface area contributed by atoms with E-state index in [1.165, 1.54) is 11.1 Å². The molecule has 16 heavy (non-hydrogen) atoms. The van der Waals surface area contributed by atoms with E-state index in [0.29, 0.717) is 17.2 Å². The Morgan fingerprint density at radius 3 is 2.88 bits per heavy atom. The minimum Gasteiger partial charge on any atom is -0.272 e. The van der Waals surface area contributed by atoms with Gasteiger partial charge in [-0.25, -0.2) is 9.89 Å². The number of nitrogens with zero attached hydrogens (tertiary/aromatic N) is 1. The second kappa shape index (κ2) is 3.45. The van der Waals surface area contributed by atoms with Crippen molar-refractivity contribution in [2.24, 2.45) is 0 Å². The normalized spacial score (nSPS) is 17.9. The van der Waals surface area contributed by atoms with E-state index in [4.69, 9.17) is 12.2 Å². The Bertz CT molecular complexity index is 609. The van der Waals surface area contributed by atoms with E-state index in [0.717, 1.165) is 6.42 Å². The van der Waals surface area contributed by atoms with Crippen LogP contribution in [0.1, 0.15) is 17.0 Å². The van der Waals surface area contributed by atoms with E-state index in [-0.39, 0.29) is 5.69 Å². The molecule has 1 aromatic carbocycles. The lowest BCUT2D eigenvalue weighted by Crippen LogP contribution is -2.27. The van der Waals surface area contributed by atoms with Gasteiger partial charge < -0.3 is 0 Å². The number of benzene rings is 1. The Hall–Kier alpha value is -1.62. The Labute approximate surface area is 96.9 Å². The van der Waals surface area contributed by atoms with Gasteiger partial charge in [-0.3, -0.25) is 9.67 Å². The Morgan fingerprint density at radius 2 is 2.19 bits per heavy atom. The van der Waals surface area contributed by atoms with Crippen molar-refractivity contribution < 1.29 is 0 Å². The molecule has 0 fully saturated rings. The maximum atomic E-state index is 11.4. The number of nitrogens with one attached hydrogen (secondary N) is 2. The standard InChI is InChI=1S/C11H11N3OS/c15-10-12-13-11(16)14(10)6-8-5-7-3-1-2-4-9(7)8/h1-4,8H,5-6H2,(H,12,15)(H,13,16). The minimum atomic E-state index is -0.158. The van der Waals surface area contributed by atoms with Crippen LogP contribution in [0.5, 0.6) is 0 Å². The van der Waals surface area contributed by atoms with Crippen molar-refractivity contribution in [3.63, 3.8) is 0 Å². The van der Waals surface area contributed by atoms with Crippen molar-refractivity contribution in [1.82, 2.24) is 14.8 Å². The maximum absolute atomic E-state index is 11.4. The lowest BCUT2D eigenvalue weighted by molar-refractivity contribution is 0.496. The monoisotopic (exact) mass is 233 g/mol. The van der Waals surface area contributed by atoms with Gasteiger partial charge in [-0.1, -0.05) is 24.3 Å². The molecular weight excluding hydrogens is 222 g/mol. The Morgan fingerprint density at radius 1 is 1.38 bits per heavy atom. The summed E-state index contributed by atoms with van der Waals surface area (Å²) in [5.74, 6) is 0.416. The van der Waals surface area contributed by atoms with Crippen molar-refractivity contribution in [2.75, 3.05) is 0 Å². The van der Waals surface area contributed by atoms with E-state index in [2.05, 4.69) is 22.3 Å². The molecule has 0 bridgehead atoms. The Kier molecular flexibility index (Phi) is 2.07. The van der Waals surface area contributed by atoms with E-state index in [1.54, 1.807) is 4.57 Å². The zero-order valence-electron chi connectivity index (χ0n) is 8.56. The van der Waals surface area contributed by atoms with E-state index < -0.39 is 0 Å². The van der Waals surface area contributed by atoms with Gasteiger partial charge in [0.15, 0.2) is 4.77 Å². The first-order valence-electron chi connectivity index (χ1n) is 5.21. The summed E-state index contributed by atoms with van der Waals surface area (Å²) >= 11 is 5.04. The van der Waals surface area contributed by atoms with Crippen molar-refractivity contribution in [1.29, 1.82) is 0 Å². The fraction of sp³-hybridized carbons (Fsp3) is 0.273. The van der Waals surface area contributed by atoms with Crippen molar-refractivity contribution >= 4 is 12.2 Å². The van der Waals surface area contributed by atoms with Gasteiger partial charge in [0, 0.05) is 12.5 Å². The second-order valence-corrected chi connectivity index (χ2v) is 4.46. The fourth-order valence-corrected chi connectivity index (χ4v) is 2.45. The average Bonchev–Trinajstić information content (AvgIpc) is 2.56. The van der Waals surface area contributed by atoms with E-state index >= 15 is 0 Å². The van der Waals surface area contributed by atoms with E-state index in [1.807, 2.05) is 12.1 Å². The van der Waals surface area contributed by atoms with Crippen LogP contribution in [0.25, 0.3) is 0 Å². The van der Waals surface area contributed by atoms with Crippen LogP contribution in [0.15, 0.2) is 29.1 Å². The summed E-state index contributed by atoms with van der Waals surface area (Å²) in [6, 6.07) is 8.33. The molecule has 3 rings (SSSR count). The number of fused-ring (bicyclic) bond motifs is 1. The number of H-pyrrole nitrogens is 2. The minimum absolute atomic E-state index is 0.158. The molecule has 0 spiro atoms. The molecule has 1 aliphatic carbocycles. The smallest absolute Gasteiger partial charge is 0.272 e. The molecule has 1 unspecified atom stereocenters. The van der Waals surface area contributed by atoms with Gasteiger partial charge >= 0.3 is 5.69 Å². The molecular formula is C11H11N3OS. The van der Waals surface area contributed by atoms with Crippen LogP contribution in [0.3, 0.4) is 0 Å². The third-order valence-corrected chi connectivity index (χ3v) is 3.45. The quantitative estimate of drug-likeness (QED) is 0.774. The first-order valence-corrected chi connectivity index (χ1v) is 5.62. The van der Waals surface area contributed by atoms with Crippen molar-refractivity contribution in [2.45, 2.75) is 18.9 Å². The van der Waals surface area contributed by atoms with Gasteiger partial charge in [0.1, 0.15) is 0 Å². The van der Waals surface area contributed by atoms with Gasteiger partial charge in [0.2, 0.25) is 0 Å². The van der Waals surface area contributed by atoms with Gasteiger partial charge in [0.25, 0.3) is 0 Å². The molecule has 1 atom stereocenters. The second-order valence-electron chi connectivity index (χ2n) is 4.07. The van der Waals surface area contributed by atoms with Crippen LogP contribution in [0.4, 0.5) is 0 Å². The topological polar surface area (TPSA) is 53.6 Å². The third-order valence-electron chi connectivity index (χ3n) is 3.13. The first-order chi connectivity index (χ1) is 7.75. The van der Waals surface area contributed by atoms with Crippen LogP contribution in [0.2, 0.25) is 0 Å². The third kappa shape index (κ3) is 1.36. The summed E-state index contributed by atoms with van der Waals surface area (Å²) in [4.78, 5) is 11.4. The highest BCUT2D eigenvalue weighted by atomic mass is 32.1. The van der Waals surface area contributed by atoms with Crippen LogP contribution < -0.4 is 5.69 Å². The van der Waals surface area contributed by atoms with Crippen LogP contribution in [-0.2, 0) is 13.0 Å². The van der Waals surface area contributed by atoms with Gasteiger partial charge in [-0.15, -0.1) is 0 Å². The number of rotatable bonds is 2. The summed E-state index contributed by atoms with van der Waals surface area (Å²) in [7, 11) is 0. The lowest BCUT2D eigenvalue weighted by atomic mass is 9.77. The zero-order chi connectivity index (χ0) is 11.1. The number of aromatic nitrogens is 3. The predicted octanol–water partition coefficient (Wildman–Crippen LogP) is 1.57. The molecule has 5 heteroatoms. The summed E-state index contributed by atoms with van der Waals surface area (Å²) < 4.78 is 2.05. The molecule has 82 valence electrons. The molecule has 4 nitrogen and oxygen atoms in total. The molecule has 2 N–H and O–H groups in total. The SMILES string of the molecule is O=c1[nH][nH]c(=S)n1CC1Cc2ccccc21. The van der Waals surface area contributed by atoms with Gasteiger partial charge in [-0.05, 0) is 29.8 Å². The summed E-state index contributed by atoms with van der Waals surface area (Å²) in [5.41, 5.74) is 2.56. The number of hydrogen-bond donors (Lipinski definition) is 2. The number of hydrogen-bond acceptors (Lipinski definition) is 2.